The Hall–Kier alpha value is -1.26. The molecular weight excluding hydrogens is 264 g/mol. The summed E-state index contributed by atoms with van der Waals surface area (Å²) in [4.78, 5) is 13.6. The lowest BCUT2D eigenvalue weighted by molar-refractivity contribution is 0.0698. The third-order valence-corrected chi connectivity index (χ3v) is 4.11. The van der Waals surface area contributed by atoms with E-state index in [2.05, 4.69) is 24.2 Å². The summed E-state index contributed by atoms with van der Waals surface area (Å²) in [5, 5.41) is 12.8. The van der Waals surface area contributed by atoms with Gasteiger partial charge in [0, 0.05) is 18.6 Å². The molecule has 2 unspecified atom stereocenters. The van der Waals surface area contributed by atoms with Crippen molar-refractivity contribution in [2.24, 2.45) is 0 Å². The van der Waals surface area contributed by atoms with Gasteiger partial charge in [0.2, 0.25) is 0 Å². The smallest absolute Gasteiger partial charge is 0.339 e. The van der Waals surface area contributed by atoms with Gasteiger partial charge in [-0.25, -0.2) is 4.79 Å². The summed E-state index contributed by atoms with van der Waals surface area (Å²) < 4.78 is 0. The minimum Gasteiger partial charge on any atom is -0.478 e. The molecular formula is C14H19ClN2O2. The third kappa shape index (κ3) is 3.19. The number of benzene rings is 1. The van der Waals surface area contributed by atoms with Gasteiger partial charge in [-0.05, 0) is 38.9 Å². The summed E-state index contributed by atoms with van der Waals surface area (Å²) >= 11 is 5.96. The zero-order chi connectivity index (χ0) is 14.0. The molecule has 0 saturated carbocycles. The molecule has 0 spiro atoms. The number of anilines is 1. The number of nitrogens with one attached hydrogen (secondary N) is 1. The summed E-state index contributed by atoms with van der Waals surface area (Å²) in [6.07, 6.45) is 2.01. The zero-order valence-electron chi connectivity index (χ0n) is 11.2. The maximum Gasteiger partial charge on any atom is 0.339 e. The number of nitrogens with zero attached hydrogens (tertiary/aromatic N) is 1. The summed E-state index contributed by atoms with van der Waals surface area (Å²) in [6, 6.07) is 5.95. The van der Waals surface area contributed by atoms with Crippen LogP contribution in [0.1, 0.15) is 30.1 Å². The van der Waals surface area contributed by atoms with E-state index in [1.165, 1.54) is 0 Å². The van der Waals surface area contributed by atoms with Crippen molar-refractivity contribution in [1.82, 2.24) is 4.90 Å². The summed E-state index contributed by atoms with van der Waals surface area (Å²) in [5.74, 6) is -0.992. The van der Waals surface area contributed by atoms with Gasteiger partial charge >= 0.3 is 5.97 Å². The van der Waals surface area contributed by atoms with E-state index in [0.29, 0.717) is 17.8 Å². The first-order valence-corrected chi connectivity index (χ1v) is 6.85. The maximum atomic E-state index is 11.3. The third-order valence-electron chi connectivity index (χ3n) is 3.80. The molecule has 0 aliphatic carbocycles. The Morgan fingerprint density at radius 1 is 1.53 bits per heavy atom. The molecule has 0 radical (unpaired) electrons. The van der Waals surface area contributed by atoms with E-state index in [-0.39, 0.29) is 10.6 Å². The predicted octanol–water partition coefficient (Wildman–Crippen LogP) is 2.93. The molecule has 4 nitrogen and oxygen atoms in total. The van der Waals surface area contributed by atoms with Crippen LogP contribution in [0.25, 0.3) is 0 Å². The summed E-state index contributed by atoms with van der Waals surface area (Å²) in [5.41, 5.74) is 0.775. The minimum atomic E-state index is -0.992. The van der Waals surface area contributed by atoms with E-state index in [4.69, 9.17) is 11.6 Å². The van der Waals surface area contributed by atoms with Crippen molar-refractivity contribution < 1.29 is 9.90 Å². The van der Waals surface area contributed by atoms with Crippen LogP contribution in [0.5, 0.6) is 0 Å². The lowest BCUT2D eigenvalue weighted by atomic mass is 9.98. The molecule has 2 N–H and O–H groups in total. The Balaban J connectivity index is 2.15. The highest BCUT2D eigenvalue weighted by Crippen LogP contribution is 2.27. The quantitative estimate of drug-likeness (QED) is 0.895. The molecule has 1 aliphatic heterocycles. The fourth-order valence-corrected chi connectivity index (χ4v) is 2.76. The lowest BCUT2D eigenvalue weighted by Gasteiger charge is -2.36. The van der Waals surface area contributed by atoms with Gasteiger partial charge < -0.3 is 15.3 Å². The Kier molecular flexibility index (Phi) is 4.32. The second-order valence-electron chi connectivity index (χ2n) is 5.16. The minimum absolute atomic E-state index is 0.163. The number of hydrogen-bond donors (Lipinski definition) is 2. The van der Waals surface area contributed by atoms with Crippen molar-refractivity contribution in [3.05, 3.63) is 28.8 Å². The van der Waals surface area contributed by atoms with Gasteiger partial charge in [-0.2, -0.15) is 0 Å². The fraction of sp³-hybridized carbons (Fsp3) is 0.500. The molecule has 1 fully saturated rings. The number of aromatic carboxylic acids is 1. The van der Waals surface area contributed by atoms with Gasteiger partial charge in [-0.1, -0.05) is 17.7 Å². The number of carboxylic acids is 1. The van der Waals surface area contributed by atoms with Gasteiger partial charge in [0.05, 0.1) is 10.7 Å². The molecule has 0 bridgehead atoms. The number of likely N-dealkylation sites (tertiary alicyclic amines) is 1. The van der Waals surface area contributed by atoms with E-state index in [0.717, 1.165) is 19.4 Å². The van der Waals surface area contributed by atoms with E-state index in [9.17, 15) is 9.90 Å². The number of hydrogen-bond acceptors (Lipinski definition) is 3. The van der Waals surface area contributed by atoms with Gasteiger partial charge in [0.1, 0.15) is 5.56 Å². The van der Waals surface area contributed by atoms with Crippen LogP contribution in [0.4, 0.5) is 5.69 Å². The SMILES string of the molecule is CC1CC(Nc2cccc(Cl)c2C(=O)O)CCN1C. The van der Waals surface area contributed by atoms with Gasteiger partial charge in [0.25, 0.3) is 0 Å². The monoisotopic (exact) mass is 282 g/mol. The lowest BCUT2D eigenvalue weighted by Crippen LogP contribution is -2.42. The second-order valence-corrected chi connectivity index (χ2v) is 5.57. The van der Waals surface area contributed by atoms with Crippen molar-refractivity contribution in [2.75, 3.05) is 18.9 Å². The van der Waals surface area contributed by atoms with Crippen molar-refractivity contribution in [3.63, 3.8) is 0 Å². The van der Waals surface area contributed by atoms with E-state index < -0.39 is 5.97 Å². The Labute approximate surface area is 118 Å². The van der Waals surface area contributed by atoms with E-state index in [1.807, 2.05) is 0 Å². The first kappa shape index (κ1) is 14.2. The molecule has 1 heterocycles. The summed E-state index contributed by atoms with van der Waals surface area (Å²) in [7, 11) is 2.11. The molecule has 2 atom stereocenters. The van der Waals surface area contributed by atoms with Crippen LogP contribution in [-0.4, -0.2) is 41.7 Å². The normalized spacial score (nSPS) is 24.2. The van der Waals surface area contributed by atoms with Crippen LogP contribution in [0.15, 0.2) is 18.2 Å². The highest BCUT2D eigenvalue weighted by Gasteiger charge is 2.24. The Bertz CT molecular complexity index is 479. The molecule has 2 rings (SSSR count). The van der Waals surface area contributed by atoms with Crippen LogP contribution in [0, 0.1) is 0 Å². The standard InChI is InChI=1S/C14H19ClN2O2/c1-9-8-10(6-7-17(9)2)16-12-5-3-4-11(15)13(12)14(18)19/h3-5,9-10,16H,6-8H2,1-2H3,(H,18,19). The van der Waals surface area contributed by atoms with Crippen LogP contribution < -0.4 is 5.32 Å². The Morgan fingerprint density at radius 3 is 2.89 bits per heavy atom. The molecule has 1 aromatic rings. The maximum absolute atomic E-state index is 11.3. The van der Waals surface area contributed by atoms with Gasteiger partial charge in [0.15, 0.2) is 0 Å². The first-order chi connectivity index (χ1) is 8.99. The van der Waals surface area contributed by atoms with Crippen molar-refractivity contribution in [2.45, 2.75) is 31.8 Å². The number of halogens is 1. The van der Waals surface area contributed by atoms with E-state index >= 15 is 0 Å². The number of carbonyl (C=O) groups is 1. The molecule has 0 aromatic heterocycles. The average Bonchev–Trinajstić information content (AvgIpc) is 2.33. The van der Waals surface area contributed by atoms with Crippen LogP contribution >= 0.6 is 11.6 Å². The number of rotatable bonds is 3. The average molecular weight is 283 g/mol. The van der Waals surface area contributed by atoms with Gasteiger partial charge in [-0.15, -0.1) is 0 Å². The molecule has 5 heteroatoms. The highest BCUT2D eigenvalue weighted by molar-refractivity contribution is 6.34. The first-order valence-electron chi connectivity index (χ1n) is 6.47. The Morgan fingerprint density at radius 2 is 2.26 bits per heavy atom. The second kappa shape index (κ2) is 5.80. The highest BCUT2D eigenvalue weighted by atomic mass is 35.5. The molecule has 19 heavy (non-hydrogen) atoms. The number of carboxylic acid groups (broad SMARTS) is 1. The van der Waals surface area contributed by atoms with E-state index in [1.54, 1.807) is 18.2 Å². The largest absolute Gasteiger partial charge is 0.478 e. The van der Waals surface area contributed by atoms with Crippen LogP contribution in [0.3, 0.4) is 0 Å². The van der Waals surface area contributed by atoms with Crippen molar-refractivity contribution in [1.29, 1.82) is 0 Å². The fourth-order valence-electron chi connectivity index (χ4n) is 2.50. The zero-order valence-corrected chi connectivity index (χ0v) is 11.9. The molecule has 1 aromatic carbocycles. The van der Waals surface area contributed by atoms with Crippen molar-refractivity contribution >= 4 is 23.3 Å². The molecule has 1 saturated heterocycles. The van der Waals surface area contributed by atoms with Gasteiger partial charge in [-0.3, -0.25) is 0 Å². The predicted molar refractivity (Wildman–Crippen MR) is 77.1 cm³/mol. The number of piperidine rings is 1. The van der Waals surface area contributed by atoms with Crippen LogP contribution in [0.2, 0.25) is 5.02 Å². The summed E-state index contributed by atoms with van der Waals surface area (Å²) in [6.45, 7) is 3.20. The topological polar surface area (TPSA) is 52.6 Å². The molecule has 0 amide bonds. The molecule has 1 aliphatic rings. The van der Waals surface area contributed by atoms with Crippen molar-refractivity contribution in [3.8, 4) is 0 Å². The molecule has 104 valence electrons. The van der Waals surface area contributed by atoms with Crippen LogP contribution in [-0.2, 0) is 0 Å².